The molecule has 0 aliphatic rings. The van der Waals surface area contributed by atoms with Crippen LogP contribution < -0.4 is 5.32 Å². The third-order valence-corrected chi connectivity index (χ3v) is 5.66. The molecule has 37 heavy (non-hydrogen) atoms. The highest BCUT2D eigenvalue weighted by molar-refractivity contribution is 6.12. The summed E-state index contributed by atoms with van der Waals surface area (Å²) in [6, 6.07) is 14.4. The van der Waals surface area contributed by atoms with E-state index in [0.717, 1.165) is 17.7 Å². The Hall–Kier alpha value is -4.92. The van der Waals surface area contributed by atoms with Gasteiger partial charge in [-0.15, -0.1) is 0 Å². The molecule has 0 saturated carbocycles. The molecule has 2 aromatic heterocycles. The van der Waals surface area contributed by atoms with Crippen LogP contribution in [0.15, 0.2) is 85.3 Å². The molecule has 0 aliphatic carbocycles. The topological polar surface area (TPSA) is 72.0 Å². The third-order valence-electron chi connectivity index (χ3n) is 5.66. The fraction of sp³-hybridized carbons (Fsp3) is 0. The van der Waals surface area contributed by atoms with Crippen LogP contribution >= 0.6 is 0 Å². The average Bonchev–Trinajstić information content (AvgIpc) is 2.91. The predicted octanol–water partition coefficient (Wildman–Crippen LogP) is 6.34. The van der Waals surface area contributed by atoms with Gasteiger partial charge < -0.3 is 5.32 Å². The van der Waals surface area contributed by atoms with Crippen LogP contribution in [-0.4, -0.2) is 21.7 Å². The molecule has 1 amide bonds. The second kappa shape index (κ2) is 9.62. The number of fused-ring (bicyclic) bond motifs is 1. The zero-order valence-corrected chi connectivity index (χ0v) is 18.8. The van der Waals surface area contributed by atoms with Crippen LogP contribution in [0.4, 0.5) is 23.2 Å². The van der Waals surface area contributed by atoms with Crippen LogP contribution in [0.25, 0.3) is 22.0 Å². The standard InChI is InChI=1S/C28H15F4N3O2/c29-20-5-1-3-16(11-20)28(37)35-23-12-21(30)25(31)24(26(23)32)27(36)15-6-7-22-18(9-15)10-19(14-34-22)17-4-2-8-33-13-17/h1-14H,(H,35,37). The second-order valence-electron chi connectivity index (χ2n) is 8.08. The first kappa shape index (κ1) is 23.8. The number of aromatic nitrogens is 2. The maximum Gasteiger partial charge on any atom is 0.255 e. The molecule has 0 atom stereocenters. The number of carbonyl (C=O) groups excluding carboxylic acids is 2. The average molecular weight is 501 g/mol. The second-order valence-corrected chi connectivity index (χ2v) is 8.08. The van der Waals surface area contributed by atoms with Crippen molar-refractivity contribution in [3.05, 3.63) is 125 Å². The van der Waals surface area contributed by atoms with E-state index in [0.29, 0.717) is 22.5 Å². The van der Waals surface area contributed by atoms with Crippen molar-refractivity contribution in [2.75, 3.05) is 5.32 Å². The molecule has 5 nitrogen and oxygen atoms in total. The summed E-state index contributed by atoms with van der Waals surface area (Å²) in [5.74, 6) is -7.52. The van der Waals surface area contributed by atoms with Gasteiger partial charge in [-0.05, 0) is 48.5 Å². The number of rotatable bonds is 5. The van der Waals surface area contributed by atoms with Gasteiger partial charge in [-0.25, -0.2) is 17.6 Å². The minimum Gasteiger partial charge on any atom is -0.319 e. The Bertz CT molecular complexity index is 1690. The summed E-state index contributed by atoms with van der Waals surface area (Å²) in [4.78, 5) is 34.0. The predicted molar refractivity (Wildman–Crippen MR) is 129 cm³/mol. The van der Waals surface area contributed by atoms with Crippen molar-refractivity contribution < 1.29 is 27.2 Å². The number of hydrogen-bond acceptors (Lipinski definition) is 4. The minimum absolute atomic E-state index is 0.122. The molecule has 0 bridgehead atoms. The number of halogens is 4. The highest BCUT2D eigenvalue weighted by atomic mass is 19.2. The number of pyridine rings is 2. The lowest BCUT2D eigenvalue weighted by Crippen LogP contribution is -2.17. The van der Waals surface area contributed by atoms with Crippen molar-refractivity contribution in [1.29, 1.82) is 0 Å². The first-order chi connectivity index (χ1) is 17.8. The monoisotopic (exact) mass is 501 g/mol. The lowest BCUT2D eigenvalue weighted by Gasteiger charge is -2.12. The van der Waals surface area contributed by atoms with E-state index in [2.05, 4.69) is 15.3 Å². The summed E-state index contributed by atoms with van der Waals surface area (Å²) < 4.78 is 57.8. The normalized spacial score (nSPS) is 10.9. The molecule has 5 rings (SSSR count). The molecule has 0 radical (unpaired) electrons. The molecule has 0 fully saturated rings. The number of nitrogens with one attached hydrogen (secondary N) is 1. The van der Waals surface area contributed by atoms with Crippen LogP contribution in [0, 0.1) is 23.3 Å². The van der Waals surface area contributed by atoms with E-state index in [-0.39, 0.29) is 11.1 Å². The van der Waals surface area contributed by atoms with Crippen LogP contribution in [0.3, 0.4) is 0 Å². The maximum absolute atomic E-state index is 15.3. The van der Waals surface area contributed by atoms with Crippen molar-refractivity contribution in [2.45, 2.75) is 0 Å². The van der Waals surface area contributed by atoms with Gasteiger partial charge in [0.25, 0.3) is 5.91 Å². The largest absolute Gasteiger partial charge is 0.319 e. The number of anilines is 1. The summed E-state index contributed by atoms with van der Waals surface area (Å²) in [6.07, 6.45) is 4.88. The van der Waals surface area contributed by atoms with Gasteiger partial charge in [0.2, 0.25) is 0 Å². The van der Waals surface area contributed by atoms with E-state index >= 15 is 4.39 Å². The van der Waals surface area contributed by atoms with E-state index < -0.39 is 46.2 Å². The van der Waals surface area contributed by atoms with Gasteiger partial charge in [-0.3, -0.25) is 19.6 Å². The molecule has 5 aromatic rings. The highest BCUT2D eigenvalue weighted by Crippen LogP contribution is 2.29. The highest BCUT2D eigenvalue weighted by Gasteiger charge is 2.26. The molecule has 3 aromatic carbocycles. The zero-order valence-electron chi connectivity index (χ0n) is 18.8. The number of carbonyl (C=O) groups is 2. The Morgan fingerprint density at radius 3 is 2.35 bits per heavy atom. The SMILES string of the molecule is O=C(Nc1cc(F)c(F)c(C(=O)c2ccc3ncc(-c4cccnc4)cc3c2)c1F)c1cccc(F)c1. The minimum atomic E-state index is -1.70. The summed E-state index contributed by atoms with van der Waals surface area (Å²) in [5.41, 5.74) is -0.243. The Morgan fingerprint density at radius 2 is 1.59 bits per heavy atom. The van der Waals surface area contributed by atoms with Crippen molar-refractivity contribution in [1.82, 2.24) is 9.97 Å². The van der Waals surface area contributed by atoms with Gasteiger partial charge >= 0.3 is 0 Å². The van der Waals surface area contributed by atoms with Gasteiger partial charge in [-0.2, -0.15) is 0 Å². The Balaban J connectivity index is 1.53. The molecule has 1 N–H and O–H groups in total. The molecule has 182 valence electrons. The molecule has 0 aliphatic heterocycles. The quantitative estimate of drug-likeness (QED) is 0.173. The van der Waals surface area contributed by atoms with Gasteiger partial charge in [-0.1, -0.05) is 12.1 Å². The van der Waals surface area contributed by atoms with Gasteiger partial charge in [0, 0.05) is 52.3 Å². The zero-order chi connectivity index (χ0) is 26.1. The number of ketones is 1. The van der Waals surface area contributed by atoms with Crippen LogP contribution in [0.5, 0.6) is 0 Å². The lowest BCUT2D eigenvalue weighted by molar-refractivity contribution is 0.101. The Labute approximate surface area is 207 Å². The first-order valence-electron chi connectivity index (χ1n) is 10.9. The van der Waals surface area contributed by atoms with E-state index in [9.17, 15) is 22.8 Å². The summed E-state index contributed by atoms with van der Waals surface area (Å²) in [7, 11) is 0. The number of amides is 1. The number of nitrogens with zero attached hydrogens (tertiary/aromatic N) is 2. The Kier molecular flexibility index (Phi) is 6.19. The smallest absolute Gasteiger partial charge is 0.255 e. The van der Waals surface area contributed by atoms with Gasteiger partial charge in [0.15, 0.2) is 23.2 Å². The van der Waals surface area contributed by atoms with Crippen LogP contribution in [0.2, 0.25) is 0 Å². The fourth-order valence-corrected chi connectivity index (χ4v) is 3.83. The fourth-order valence-electron chi connectivity index (χ4n) is 3.83. The van der Waals surface area contributed by atoms with Crippen molar-refractivity contribution in [3.63, 3.8) is 0 Å². The molecule has 0 spiro atoms. The van der Waals surface area contributed by atoms with Crippen molar-refractivity contribution >= 4 is 28.3 Å². The molecule has 0 saturated heterocycles. The first-order valence-corrected chi connectivity index (χ1v) is 10.9. The molecular formula is C28H15F4N3O2. The van der Waals surface area contributed by atoms with Gasteiger partial charge in [0.05, 0.1) is 16.8 Å². The number of benzene rings is 3. The summed E-state index contributed by atoms with van der Waals surface area (Å²) in [5, 5.41) is 2.57. The van der Waals surface area contributed by atoms with E-state index in [1.807, 2.05) is 6.07 Å². The molecular weight excluding hydrogens is 486 g/mol. The van der Waals surface area contributed by atoms with Crippen LogP contribution in [0.1, 0.15) is 26.3 Å². The van der Waals surface area contributed by atoms with E-state index in [4.69, 9.17) is 0 Å². The van der Waals surface area contributed by atoms with Gasteiger partial charge in [0.1, 0.15) is 5.82 Å². The van der Waals surface area contributed by atoms with E-state index in [1.165, 1.54) is 30.3 Å². The Morgan fingerprint density at radius 1 is 0.757 bits per heavy atom. The molecule has 0 unspecified atom stereocenters. The molecule has 2 heterocycles. The lowest BCUT2D eigenvalue weighted by atomic mass is 9.98. The summed E-state index contributed by atoms with van der Waals surface area (Å²) >= 11 is 0. The van der Waals surface area contributed by atoms with Crippen molar-refractivity contribution in [2.24, 2.45) is 0 Å². The molecule has 9 heteroatoms. The van der Waals surface area contributed by atoms with Crippen LogP contribution in [-0.2, 0) is 0 Å². The maximum atomic E-state index is 15.3. The van der Waals surface area contributed by atoms with E-state index in [1.54, 1.807) is 30.7 Å². The third kappa shape index (κ3) is 4.66. The van der Waals surface area contributed by atoms with Crippen molar-refractivity contribution in [3.8, 4) is 11.1 Å². The number of hydrogen-bond donors (Lipinski definition) is 1. The summed E-state index contributed by atoms with van der Waals surface area (Å²) in [6.45, 7) is 0.